The zero-order chi connectivity index (χ0) is 19.3. The summed E-state index contributed by atoms with van der Waals surface area (Å²) in [6.45, 7) is 0. The molecule has 0 fully saturated rings. The normalized spacial score (nSPS) is 11.4. The minimum absolute atomic E-state index is 0.265. The zero-order valence-electron chi connectivity index (χ0n) is 13.4. The molecule has 1 atom stereocenters. The molecule has 2 rings (SSSR count). The molecule has 3 amide bonds. The van der Waals surface area contributed by atoms with Crippen molar-refractivity contribution in [2.24, 2.45) is 0 Å². The first kappa shape index (κ1) is 19.3. The third-order valence-electron chi connectivity index (χ3n) is 3.26. The molecule has 0 saturated heterocycles. The zero-order valence-corrected chi connectivity index (χ0v) is 14.1. The molecule has 0 aliphatic heterocycles. The van der Waals surface area contributed by atoms with Gasteiger partial charge in [0.1, 0.15) is 0 Å². The van der Waals surface area contributed by atoms with Gasteiger partial charge in [0.25, 0.3) is 5.91 Å². The van der Waals surface area contributed by atoms with Crippen LogP contribution < -0.4 is 10.6 Å². The van der Waals surface area contributed by atoms with Crippen molar-refractivity contribution < 1.29 is 27.9 Å². The summed E-state index contributed by atoms with van der Waals surface area (Å²) in [5, 5.41) is 3.79. The molecule has 0 unspecified atom stereocenters. The van der Waals surface area contributed by atoms with Crippen LogP contribution in [0.3, 0.4) is 0 Å². The lowest BCUT2D eigenvalue weighted by Crippen LogP contribution is -2.41. The summed E-state index contributed by atoms with van der Waals surface area (Å²) in [6, 6.07) is 8.22. The molecule has 6 nitrogen and oxygen atoms in total. The van der Waals surface area contributed by atoms with Crippen molar-refractivity contribution in [2.45, 2.75) is 6.10 Å². The molecule has 2 N–H and O–H groups in total. The van der Waals surface area contributed by atoms with E-state index in [4.69, 9.17) is 16.3 Å². The maximum atomic E-state index is 13.4. The number of amides is 3. The van der Waals surface area contributed by atoms with E-state index >= 15 is 0 Å². The highest BCUT2D eigenvalue weighted by Crippen LogP contribution is 2.24. The van der Waals surface area contributed by atoms with E-state index in [1.54, 1.807) is 18.2 Å². The Labute approximate surface area is 152 Å². The van der Waals surface area contributed by atoms with Gasteiger partial charge in [-0.25, -0.2) is 18.4 Å². The first-order valence-electron chi connectivity index (χ1n) is 7.26. The monoisotopic (exact) mass is 382 g/mol. The maximum Gasteiger partial charge on any atom is 0.340 e. The van der Waals surface area contributed by atoms with Crippen LogP contribution >= 0.6 is 11.6 Å². The Hall–Kier alpha value is -3.00. The highest BCUT2D eigenvalue weighted by molar-refractivity contribution is 6.33. The van der Waals surface area contributed by atoms with Crippen molar-refractivity contribution in [3.63, 3.8) is 0 Å². The largest absolute Gasteiger partial charge is 0.444 e. The van der Waals surface area contributed by atoms with E-state index in [9.17, 15) is 23.2 Å². The summed E-state index contributed by atoms with van der Waals surface area (Å²) >= 11 is 5.74. The van der Waals surface area contributed by atoms with Crippen LogP contribution in [0.1, 0.15) is 22.0 Å². The Balaban J connectivity index is 2.32. The number of carbonyl (C=O) groups excluding carboxylic acids is 3. The molecule has 0 saturated carbocycles. The van der Waals surface area contributed by atoms with Crippen molar-refractivity contribution in [1.29, 1.82) is 0 Å². The highest BCUT2D eigenvalue weighted by Gasteiger charge is 2.28. The molecule has 26 heavy (non-hydrogen) atoms. The molecule has 0 radical (unpaired) electrons. The molecule has 0 aromatic heterocycles. The van der Waals surface area contributed by atoms with E-state index in [0.29, 0.717) is 12.1 Å². The average Bonchev–Trinajstić information content (AvgIpc) is 2.62. The van der Waals surface area contributed by atoms with Crippen LogP contribution in [-0.4, -0.2) is 25.0 Å². The second kappa shape index (κ2) is 8.39. The third kappa shape index (κ3) is 4.54. The predicted molar refractivity (Wildman–Crippen MR) is 88.6 cm³/mol. The molecule has 0 bridgehead atoms. The molecule has 2 aromatic carbocycles. The molecule has 2 aromatic rings. The lowest BCUT2D eigenvalue weighted by Gasteiger charge is -2.18. The number of rotatable bonds is 4. The van der Waals surface area contributed by atoms with Gasteiger partial charge in [0.05, 0.1) is 10.6 Å². The van der Waals surface area contributed by atoms with Gasteiger partial charge in [-0.1, -0.05) is 41.9 Å². The van der Waals surface area contributed by atoms with Gasteiger partial charge in [0.15, 0.2) is 11.6 Å². The van der Waals surface area contributed by atoms with Gasteiger partial charge in [0.2, 0.25) is 6.10 Å². The van der Waals surface area contributed by atoms with Crippen LogP contribution in [0.4, 0.5) is 13.6 Å². The molecular formula is C17H13ClF2N2O4. The number of ether oxygens (including phenoxy) is 1. The average molecular weight is 383 g/mol. The van der Waals surface area contributed by atoms with Crippen LogP contribution in [0.5, 0.6) is 0 Å². The molecular weight excluding hydrogens is 370 g/mol. The van der Waals surface area contributed by atoms with Crippen LogP contribution in [0.25, 0.3) is 0 Å². The SMILES string of the molecule is CNC(=O)NC(=O)[C@@H](OC(=O)c1cc(F)c(F)cc1Cl)c1ccccc1. The minimum Gasteiger partial charge on any atom is -0.444 e. The lowest BCUT2D eigenvalue weighted by molar-refractivity contribution is -0.129. The smallest absolute Gasteiger partial charge is 0.340 e. The summed E-state index contributed by atoms with van der Waals surface area (Å²) in [4.78, 5) is 35.9. The van der Waals surface area contributed by atoms with Crippen LogP contribution in [0.15, 0.2) is 42.5 Å². The maximum absolute atomic E-state index is 13.4. The number of hydrogen-bond acceptors (Lipinski definition) is 4. The Morgan fingerprint density at radius 3 is 2.31 bits per heavy atom. The van der Waals surface area contributed by atoms with E-state index in [1.165, 1.54) is 19.2 Å². The van der Waals surface area contributed by atoms with Gasteiger partial charge < -0.3 is 10.1 Å². The second-order valence-electron chi connectivity index (χ2n) is 5.01. The quantitative estimate of drug-likeness (QED) is 0.629. The van der Waals surface area contributed by atoms with Crippen molar-refractivity contribution in [1.82, 2.24) is 10.6 Å². The third-order valence-corrected chi connectivity index (χ3v) is 3.57. The van der Waals surface area contributed by atoms with E-state index < -0.39 is 41.2 Å². The number of nitrogens with one attached hydrogen (secondary N) is 2. The number of imide groups is 1. The standard InChI is InChI=1S/C17H13ClF2N2O4/c1-21-17(25)22-15(23)14(9-5-3-2-4-6-9)26-16(24)10-7-12(19)13(20)8-11(10)18/h2-8,14H,1H3,(H2,21,22,23,25)/t14-/m0/s1. The fourth-order valence-electron chi connectivity index (χ4n) is 1.99. The first-order valence-corrected chi connectivity index (χ1v) is 7.64. The predicted octanol–water partition coefficient (Wildman–Crippen LogP) is 2.97. The fraction of sp³-hybridized carbons (Fsp3) is 0.118. The van der Waals surface area contributed by atoms with Gasteiger partial charge >= 0.3 is 12.0 Å². The number of halogens is 3. The van der Waals surface area contributed by atoms with Gasteiger partial charge in [-0.3, -0.25) is 10.1 Å². The molecule has 136 valence electrons. The Kier molecular flexibility index (Phi) is 6.24. The summed E-state index contributed by atoms with van der Waals surface area (Å²) < 4.78 is 31.6. The van der Waals surface area contributed by atoms with Crippen molar-refractivity contribution in [2.75, 3.05) is 7.05 Å². The van der Waals surface area contributed by atoms with Gasteiger partial charge in [-0.15, -0.1) is 0 Å². The summed E-state index contributed by atoms with van der Waals surface area (Å²) in [6.07, 6.45) is -1.51. The Morgan fingerprint density at radius 1 is 1.08 bits per heavy atom. The van der Waals surface area contributed by atoms with Crippen LogP contribution in [-0.2, 0) is 9.53 Å². The van der Waals surface area contributed by atoms with E-state index in [-0.39, 0.29) is 10.6 Å². The minimum atomic E-state index is -1.51. The second-order valence-corrected chi connectivity index (χ2v) is 5.42. The van der Waals surface area contributed by atoms with Gasteiger partial charge in [0, 0.05) is 12.6 Å². The molecule has 0 aliphatic carbocycles. The summed E-state index contributed by atoms with van der Waals surface area (Å²) in [5.74, 6) is -4.62. The number of carbonyl (C=O) groups is 3. The number of hydrogen-bond donors (Lipinski definition) is 2. The Bertz CT molecular complexity index is 846. The van der Waals surface area contributed by atoms with Crippen molar-refractivity contribution >= 4 is 29.5 Å². The Morgan fingerprint density at radius 2 is 1.69 bits per heavy atom. The highest BCUT2D eigenvalue weighted by atomic mass is 35.5. The number of urea groups is 1. The van der Waals surface area contributed by atoms with Gasteiger partial charge in [-0.2, -0.15) is 0 Å². The number of benzene rings is 2. The summed E-state index contributed by atoms with van der Waals surface area (Å²) in [5.41, 5.74) is -0.194. The lowest BCUT2D eigenvalue weighted by atomic mass is 10.1. The summed E-state index contributed by atoms with van der Waals surface area (Å²) in [7, 11) is 1.30. The van der Waals surface area contributed by atoms with E-state index in [2.05, 4.69) is 5.32 Å². The van der Waals surface area contributed by atoms with E-state index in [1.807, 2.05) is 5.32 Å². The van der Waals surface area contributed by atoms with Crippen LogP contribution in [0, 0.1) is 11.6 Å². The van der Waals surface area contributed by atoms with Gasteiger partial charge in [-0.05, 0) is 12.1 Å². The fourth-order valence-corrected chi connectivity index (χ4v) is 2.22. The molecule has 0 heterocycles. The first-order chi connectivity index (χ1) is 12.3. The molecule has 0 spiro atoms. The topological polar surface area (TPSA) is 84.5 Å². The van der Waals surface area contributed by atoms with Crippen LogP contribution in [0.2, 0.25) is 5.02 Å². The molecule has 0 aliphatic rings. The molecule has 9 heteroatoms. The number of esters is 1. The van der Waals surface area contributed by atoms with Crippen molar-refractivity contribution in [3.8, 4) is 0 Å². The van der Waals surface area contributed by atoms with Crippen molar-refractivity contribution in [3.05, 3.63) is 70.2 Å². The van der Waals surface area contributed by atoms with E-state index in [0.717, 1.165) is 0 Å².